The number of amidine groups is 1. The molecule has 0 amide bonds. The van der Waals surface area contributed by atoms with Gasteiger partial charge in [0.15, 0.2) is 5.84 Å². The quantitative estimate of drug-likeness (QED) is 0.315. The topological polar surface area (TPSA) is 93.2 Å². The van der Waals surface area contributed by atoms with Crippen LogP contribution in [0.4, 0.5) is 5.69 Å². The Morgan fingerprint density at radius 2 is 2.25 bits per heavy atom. The van der Waals surface area contributed by atoms with Crippen LogP contribution in [-0.4, -0.2) is 56.0 Å². The molecule has 1 aromatic rings. The van der Waals surface area contributed by atoms with Crippen molar-refractivity contribution in [3.05, 3.63) is 24.0 Å². The molecule has 0 radical (unpaired) electrons. The van der Waals surface area contributed by atoms with Gasteiger partial charge in [-0.1, -0.05) is 5.16 Å². The summed E-state index contributed by atoms with van der Waals surface area (Å²) in [6, 6.07) is 3.81. The minimum Gasteiger partial charge on any atom is -0.409 e. The third-order valence-corrected chi connectivity index (χ3v) is 2.92. The van der Waals surface area contributed by atoms with Gasteiger partial charge in [-0.2, -0.15) is 0 Å². The monoisotopic (exact) mass is 282 g/mol. The minimum absolute atomic E-state index is 0.0158. The van der Waals surface area contributed by atoms with E-state index in [0.29, 0.717) is 25.5 Å². The molecule has 7 heteroatoms. The Hall–Kier alpha value is -1.86. The predicted octanol–water partition coefficient (Wildman–Crippen LogP) is 0.664. The van der Waals surface area contributed by atoms with E-state index < -0.39 is 0 Å². The van der Waals surface area contributed by atoms with Gasteiger partial charge in [-0.25, -0.2) is 0 Å². The first-order valence-corrected chi connectivity index (χ1v) is 6.32. The van der Waals surface area contributed by atoms with Gasteiger partial charge in [0, 0.05) is 38.7 Å². The van der Waals surface area contributed by atoms with Gasteiger partial charge in [-0.3, -0.25) is 4.98 Å². The third-order valence-electron chi connectivity index (χ3n) is 2.92. The fraction of sp³-hybridized carbons (Fsp3) is 0.538. The standard InChI is InChI=1S/C13H22N4O3/c1-10(9-20-3)17(6-7-19-2)11-4-5-15-12(8-11)13(14)16-18/h4-5,8,10,18H,6-7,9H2,1-3H3,(H2,14,16). The Bertz CT molecular complexity index is 439. The summed E-state index contributed by atoms with van der Waals surface area (Å²) < 4.78 is 10.3. The number of aromatic nitrogens is 1. The summed E-state index contributed by atoms with van der Waals surface area (Å²) in [5, 5.41) is 11.7. The Morgan fingerprint density at radius 1 is 1.50 bits per heavy atom. The molecule has 1 unspecified atom stereocenters. The first-order chi connectivity index (χ1) is 9.63. The molecule has 112 valence electrons. The van der Waals surface area contributed by atoms with Crippen molar-refractivity contribution in [2.24, 2.45) is 10.9 Å². The lowest BCUT2D eigenvalue weighted by molar-refractivity contribution is 0.171. The lowest BCUT2D eigenvalue weighted by atomic mass is 10.2. The molecule has 0 bridgehead atoms. The van der Waals surface area contributed by atoms with Crippen molar-refractivity contribution in [3.63, 3.8) is 0 Å². The molecule has 1 heterocycles. The number of nitrogens with two attached hydrogens (primary N) is 1. The number of nitrogens with zero attached hydrogens (tertiary/aromatic N) is 3. The third kappa shape index (κ3) is 4.36. The van der Waals surface area contributed by atoms with Gasteiger partial charge in [0.25, 0.3) is 0 Å². The summed E-state index contributed by atoms with van der Waals surface area (Å²) in [6.45, 7) is 3.95. The lowest BCUT2D eigenvalue weighted by Gasteiger charge is -2.30. The molecule has 0 aliphatic heterocycles. The Balaban J connectivity index is 3.00. The zero-order chi connectivity index (χ0) is 15.0. The molecule has 0 aliphatic rings. The summed E-state index contributed by atoms with van der Waals surface area (Å²) >= 11 is 0. The van der Waals surface area contributed by atoms with Crippen LogP contribution >= 0.6 is 0 Å². The molecule has 1 aromatic heterocycles. The van der Waals surface area contributed by atoms with E-state index in [-0.39, 0.29) is 11.9 Å². The highest BCUT2D eigenvalue weighted by Crippen LogP contribution is 2.17. The van der Waals surface area contributed by atoms with E-state index in [4.69, 9.17) is 20.4 Å². The van der Waals surface area contributed by atoms with E-state index in [1.165, 1.54) is 0 Å². The Kier molecular flexibility index (Phi) is 6.75. The molecule has 0 fully saturated rings. The van der Waals surface area contributed by atoms with Crippen molar-refractivity contribution in [3.8, 4) is 0 Å². The highest BCUT2D eigenvalue weighted by molar-refractivity contribution is 5.95. The van der Waals surface area contributed by atoms with Gasteiger partial charge in [0.05, 0.1) is 13.2 Å². The van der Waals surface area contributed by atoms with Crippen LogP contribution in [0.3, 0.4) is 0 Å². The molecular formula is C13H22N4O3. The van der Waals surface area contributed by atoms with Gasteiger partial charge >= 0.3 is 0 Å². The highest BCUT2D eigenvalue weighted by atomic mass is 16.5. The van der Waals surface area contributed by atoms with E-state index in [1.807, 2.05) is 6.07 Å². The van der Waals surface area contributed by atoms with Crippen LogP contribution in [0, 0.1) is 0 Å². The molecule has 3 N–H and O–H groups in total. The number of hydrogen-bond donors (Lipinski definition) is 2. The van der Waals surface area contributed by atoms with E-state index in [1.54, 1.807) is 26.5 Å². The number of rotatable bonds is 8. The van der Waals surface area contributed by atoms with Gasteiger partial charge < -0.3 is 25.3 Å². The highest BCUT2D eigenvalue weighted by Gasteiger charge is 2.15. The maximum Gasteiger partial charge on any atom is 0.188 e. The average molecular weight is 282 g/mol. The van der Waals surface area contributed by atoms with Crippen molar-refractivity contribution in [2.75, 3.05) is 38.9 Å². The first kappa shape index (κ1) is 16.2. The number of pyridine rings is 1. The summed E-state index contributed by atoms with van der Waals surface area (Å²) in [7, 11) is 3.33. The SMILES string of the molecule is COCCN(c1ccnc(C(N)=NO)c1)C(C)COC. The van der Waals surface area contributed by atoms with Crippen molar-refractivity contribution in [2.45, 2.75) is 13.0 Å². The summed E-state index contributed by atoms with van der Waals surface area (Å²) in [4.78, 5) is 6.20. The molecule has 20 heavy (non-hydrogen) atoms. The van der Waals surface area contributed by atoms with Gasteiger partial charge in [0.2, 0.25) is 0 Å². The predicted molar refractivity (Wildman–Crippen MR) is 77.3 cm³/mol. The molecule has 0 aromatic carbocycles. The van der Waals surface area contributed by atoms with E-state index in [0.717, 1.165) is 5.69 Å². The zero-order valence-electron chi connectivity index (χ0n) is 12.1. The van der Waals surface area contributed by atoms with Gasteiger partial charge in [-0.15, -0.1) is 0 Å². The second-order valence-corrected chi connectivity index (χ2v) is 4.38. The molecule has 1 atom stereocenters. The molecule has 1 rings (SSSR count). The Morgan fingerprint density at radius 3 is 2.85 bits per heavy atom. The lowest BCUT2D eigenvalue weighted by Crippen LogP contribution is -2.38. The second-order valence-electron chi connectivity index (χ2n) is 4.38. The van der Waals surface area contributed by atoms with Crippen LogP contribution in [0.15, 0.2) is 23.5 Å². The van der Waals surface area contributed by atoms with Gasteiger partial charge in [-0.05, 0) is 19.1 Å². The maximum atomic E-state index is 8.72. The van der Waals surface area contributed by atoms with E-state index in [9.17, 15) is 0 Å². The van der Waals surface area contributed by atoms with Crippen LogP contribution in [-0.2, 0) is 9.47 Å². The van der Waals surface area contributed by atoms with Crippen LogP contribution in [0.2, 0.25) is 0 Å². The second kappa shape index (κ2) is 8.34. The van der Waals surface area contributed by atoms with Crippen molar-refractivity contribution in [1.29, 1.82) is 0 Å². The molecule has 0 saturated heterocycles. The molecule has 0 aliphatic carbocycles. The largest absolute Gasteiger partial charge is 0.409 e. The molecular weight excluding hydrogens is 260 g/mol. The maximum absolute atomic E-state index is 8.72. The van der Waals surface area contributed by atoms with E-state index in [2.05, 4.69) is 22.0 Å². The van der Waals surface area contributed by atoms with Crippen molar-refractivity contribution < 1.29 is 14.7 Å². The molecule has 0 spiro atoms. The van der Waals surface area contributed by atoms with Crippen LogP contribution < -0.4 is 10.6 Å². The van der Waals surface area contributed by atoms with Crippen LogP contribution in [0.1, 0.15) is 12.6 Å². The average Bonchev–Trinajstić information content (AvgIpc) is 2.47. The minimum atomic E-state index is -0.0158. The number of hydrogen-bond acceptors (Lipinski definition) is 6. The van der Waals surface area contributed by atoms with Crippen LogP contribution in [0.5, 0.6) is 0 Å². The molecule has 0 saturated carbocycles. The number of oxime groups is 1. The summed E-state index contributed by atoms with van der Waals surface area (Å²) in [5.41, 5.74) is 6.92. The number of anilines is 1. The zero-order valence-corrected chi connectivity index (χ0v) is 12.1. The first-order valence-electron chi connectivity index (χ1n) is 6.32. The Labute approximate surface area is 119 Å². The molecule has 7 nitrogen and oxygen atoms in total. The smallest absolute Gasteiger partial charge is 0.188 e. The summed E-state index contributed by atoms with van der Waals surface area (Å²) in [5.74, 6) is -0.0158. The van der Waals surface area contributed by atoms with Crippen molar-refractivity contribution in [1.82, 2.24) is 4.98 Å². The van der Waals surface area contributed by atoms with Crippen LogP contribution in [0.25, 0.3) is 0 Å². The fourth-order valence-corrected chi connectivity index (χ4v) is 1.91. The number of ether oxygens (including phenoxy) is 2. The number of methoxy groups -OCH3 is 2. The van der Waals surface area contributed by atoms with Crippen molar-refractivity contribution >= 4 is 11.5 Å². The normalized spacial score (nSPS) is 13.2. The van der Waals surface area contributed by atoms with E-state index >= 15 is 0 Å². The van der Waals surface area contributed by atoms with Gasteiger partial charge in [0.1, 0.15) is 5.69 Å². The fourth-order valence-electron chi connectivity index (χ4n) is 1.91. The summed E-state index contributed by atoms with van der Waals surface area (Å²) in [6.07, 6.45) is 1.63.